The highest BCUT2D eigenvalue weighted by Gasteiger charge is 2.09. The second-order valence-corrected chi connectivity index (χ2v) is 7.00. The Bertz CT molecular complexity index is 1160. The van der Waals surface area contributed by atoms with Crippen molar-refractivity contribution in [3.8, 4) is 23.7 Å². The molecular formula is C26H20BF2. The van der Waals surface area contributed by atoms with E-state index in [0.717, 1.165) is 27.8 Å². The van der Waals surface area contributed by atoms with E-state index in [9.17, 15) is 8.78 Å². The monoisotopic (exact) mass is 381 g/mol. The first-order valence-electron chi connectivity index (χ1n) is 9.37. The molecule has 3 heteroatoms. The fourth-order valence-electron chi connectivity index (χ4n) is 2.87. The molecule has 0 saturated heterocycles. The summed E-state index contributed by atoms with van der Waals surface area (Å²) >= 11 is 0. The number of benzene rings is 3. The lowest BCUT2D eigenvalue weighted by molar-refractivity contribution is 0.579. The van der Waals surface area contributed by atoms with Crippen molar-refractivity contribution >= 4 is 12.7 Å². The highest BCUT2D eigenvalue weighted by atomic mass is 19.1. The highest BCUT2D eigenvalue weighted by molar-refractivity contribution is 6.51. The van der Waals surface area contributed by atoms with Gasteiger partial charge in [0.15, 0.2) is 0 Å². The summed E-state index contributed by atoms with van der Waals surface area (Å²) in [5, 5.41) is 0. The predicted molar refractivity (Wildman–Crippen MR) is 117 cm³/mol. The molecule has 1 radical (unpaired) electrons. The maximum atomic E-state index is 14.2. The summed E-state index contributed by atoms with van der Waals surface area (Å²) in [6.45, 7) is 7.65. The third kappa shape index (κ3) is 4.95. The molecule has 0 N–H and O–H groups in total. The van der Waals surface area contributed by atoms with Crippen molar-refractivity contribution in [2.45, 2.75) is 27.6 Å². The molecular weight excluding hydrogens is 361 g/mol. The van der Waals surface area contributed by atoms with Gasteiger partial charge in [-0.1, -0.05) is 53.7 Å². The smallest absolute Gasteiger partial charge is 0.148 e. The van der Waals surface area contributed by atoms with Crippen molar-refractivity contribution in [3.05, 3.63) is 99.1 Å². The summed E-state index contributed by atoms with van der Waals surface area (Å²) in [4.78, 5) is 0. The Morgan fingerprint density at radius 2 is 1.21 bits per heavy atom. The average molecular weight is 381 g/mol. The van der Waals surface area contributed by atoms with Crippen LogP contribution in [-0.2, 0) is 0 Å². The SMILES string of the molecule is C[B]c1cc(F)c(C#Cc2cc(C)c(C#Cc3ccc(C)cc3)cc2C)c(F)c1. The molecule has 0 aliphatic heterocycles. The molecule has 29 heavy (non-hydrogen) atoms. The van der Waals surface area contributed by atoms with E-state index in [0.29, 0.717) is 5.46 Å². The van der Waals surface area contributed by atoms with Gasteiger partial charge in [0.25, 0.3) is 0 Å². The number of rotatable bonds is 1. The normalized spacial score (nSPS) is 9.86. The molecule has 0 aliphatic rings. The van der Waals surface area contributed by atoms with Crippen LogP contribution in [0, 0.1) is 56.1 Å². The molecule has 141 valence electrons. The van der Waals surface area contributed by atoms with Crippen molar-refractivity contribution in [2.24, 2.45) is 0 Å². The first kappa shape index (κ1) is 20.4. The fourth-order valence-corrected chi connectivity index (χ4v) is 2.87. The van der Waals surface area contributed by atoms with Crippen LogP contribution in [0.2, 0.25) is 6.82 Å². The number of hydrogen-bond acceptors (Lipinski definition) is 0. The lowest BCUT2D eigenvalue weighted by Crippen LogP contribution is -2.13. The largest absolute Gasteiger partial charge is 0.206 e. The molecule has 0 atom stereocenters. The van der Waals surface area contributed by atoms with Crippen LogP contribution in [0.15, 0.2) is 48.5 Å². The number of halogens is 2. The first-order valence-corrected chi connectivity index (χ1v) is 9.37. The Morgan fingerprint density at radius 1 is 0.690 bits per heavy atom. The second kappa shape index (κ2) is 8.81. The Kier molecular flexibility index (Phi) is 6.21. The molecule has 0 nitrogen and oxygen atoms in total. The van der Waals surface area contributed by atoms with Crippen LogP contribution in [0.5, 0.6) is 0 Å². The topological polar surface area (TPSA) is 0 Å². The Morgan fingerprint density at radius 3 is 1.72 bits per heavy atom. The minimum atomic E-state index is -0.652. The van der Waals surface area contributed by atoms with Crippen LogP contribution in [0.25, 0.3) is 0 Å². The van der Waals surface area contributed by atoms with Gasteiger partial charge in [0.05, 0.1) is 5.56 Å². The zero-order chi connectivity index (χ0) is 21.0. The molecule has 3 aromatic rings. The van der Waals surface area contributed by atoms with E-state index < -0.39 is 11.6 Å². The van der Waals surface area contributed by atoms with Crippen LogP contribution in [0.1, 0.15) is 38.9 Å². The van der Waals surface area contributed by atoms with Gasteiger partial charge in [0, 0.05) is 16.7 Å². The fraction of sp³-hybridized carbons (Fsp3) is 0.154. The second-order valence-electron chi connectivity index (χ2n) is 7.00. The van der Waals surface area contributed by atoms with E-state index in [1.807, 2.05) is 57.2 Å². The molecule has 0 spiro atoms. The zero-order valence-corrected chi connectivity index (χ0v) is 17.0. The molecule has 0 bridgehead atoms. The lowest BCUT2D eigenvalue weighted by Gasteiger charge is -2.04. The molecule has 3 aromatic carbocycles. The van der Waals surface area contributed by atoms with E-state index in [1.54, 1.807) is 14.1 Å². The third-order valence-corrected chi connectivity index (χ3v) is 4.68. The van der Waals surface area contributed by atoms with Gasteiger partial charge in [-0.15, -0.1) is 0 Å². The molecule has 0 heterocycles. The van der Waals surface area contributed by atoms with E-state index in [1.165, 1.54) is 17.7 Å². The lowest BCUT2D eigenvalue weighted by atomic mass is 9.73. The van der Waals surface area contributed by atoms with Gasteiger partial charge in [-0.05, 0) is 68.3 Å². The summed E-state index contributed by atoms with van der Waals surface area (Å²) < 4.78 is 28.3. The Hall–Kier alpha value is -3.30. The molecule has 0 aromatic heterocycles. The van der Waals surface area contributed by atoms with Crippen molar-refractivity contribution in [2.75, 3.05) is 0 Å². The minimum absolute atomic E-state index is 0.212. The quantitative estimate of drug-likeness (QED) is 0.408. The molecule has 0 saturated carbocycles. The molecule has 0 unspecified atom stereocenters. The van der Waals surface area contributed by atoms with Crippen LogP contribution in [0.3, 0.4) is 0 Å². The average Bonchev–Trinajstić information content (AvgIpc) is 2.69. The minimum Gasteiger partial charge on any atom is -0.206 e. The molecule has 0 amide bonds. The Balaban J connectivity index is 1.92. The van der Waals surface area contributed by atoms with Crippen LogP contribution in [0.4, 0.5) is 8.78 Å². The van der Waals surface area contributed by atoms with Gasteiger partial charge < -0.3 is 0 Å². The Labute approximate surface area is 172 Å². The number of hydrogen-bond donors (Lipinski definition) is 0. The molecule has 3 rings (SSSR count). The standard InChI is InChI=1S/C26H20BF2/c1-17-5-7-20(8-6-17)9-10-21-13-19(3)22(14-18(21)2)11-12-24-25(28)15-23(27-4)16-26(24)29/h5-8,13-16H,1-4H3. The van der Waals surface area contributed by atoms with Gasteiger partial charge in [0.2, 0.25) is 0 Å². The van der Waals surface area contributed by atoms with Crippen LogP contribution >= 0.6 is 0 Å². The summed E-state index contributed by atoms with van der Waals surface area (Å²) in [6, 6.07) is 14.5. The summed E-state index contributed by atoms with van der Waals surface area (Å²) in [7, 11) is 1.65. The summed E-state index contributed by atoms with van der Waals surface area (Å²) in [6.07, 6.45) is 0. The van der Waals surface area contributed by atoms with Crippen LogP contribution < -0.4 is 5.46 Å². The van der Waals surface area contributed by atoms with E-state index in [4.69, 9.17) is 0 Å². The summed E-state index contributed by atoms with van der Waals surface area (Å²) in [5.74, 6) is 10.6. The van der Waals surface area contributed by atoms with Gasteiger partial charge in [-0.2, -0.15) is 0 Å². The van der Waals surface area contributed by atoms with Gasteiger partial charge in [-0.3, -0.25) is 0 Å². The molecule has 0 fully saturated rings. The van der Waals surface area contributed by atoms with Crippen molar-refractivity contribution in [1.29, 1.82) is 0 Å². The predicted octanol–water partition coefficient (Wildman–Crippen LogP) is 5.07. The van der Waals surface area contributed by atoms with Crippen molar-refractivity contribution < 1.29 is 8.78 Å². The third-order valence-electron chi connectivity index (χ3n) is 4.68. The van der Waals surface area contributed by atoms with Crippen LogP contribution in [-0.4, -0.2) is 7.28 Å². The number of aryl methyl sites for hydroxylation is 3. The van der Waals surface area contributed by atoms with Crippen molar-refractivity contribution in [3.63, 3.8) is 0 Å². The van der Waals surface area contributed by atoms with Gasteiger partial charge in [-0.25, -0.2) is 8.78 Å². The van der Waals surface area contributed by atoms with Gasteiger partial charge >= 0.3 is 0 Å². The van der Waals surface area contributed by atoms with Gasteiger partial charge in [0.1, 0.15) is 18.9 Å². The highest BCUT2D eigenvalue weighted by Crippen LogP contribution is 2.16. The maximum absolute atomic E-state index is 14.2. The van der Waals surface area contributed by atoms with E-state index in [2.05, 4.69) is 23.7 Å². The van der Waals surface area contributed by atoms with E-state index >= 15 is 0 Å². The maximum Gasteiger partial charge on any atom is 0.148 e. The first-order chi connectivity index (χ1) is 13.9. The van der Waals surface area contributed by atoms with E-state index in [-0.39, 0.29) is 5.56 Å². The summed E-state index contributed by atoms with van der Waals surface area (Å²) in [5.41, 5.74) is 5.95. The zero-order valence-electron chi connectivity index (χ0n) is 17.0. The van der Waals surface area contributed by atoms with Crippen molar-refractivity contribution in [1.82, 2.24) is 0 Å². The molecule has 0 aliphatic carbocycles.